The fourth-order valence-corrected chi connectivity index (χ4v) is 2.41. The van der Waals surface area contributed by atoms with Gasteiger partial charge in [0.2, 0.25) is 0 Å². The Bertz CT molecular complexity index is 473. The molecule has 0 heterocycles. The molecule has 20 heavy (non-hydrogen) atoms. The van der Waals surface area contributed by atoms with Gasteiger partial charge >= 0.3 is 11.9 Å². The zero-order valence-corrected chi connectivity index (χ0v) is 12.1. The Labute approximate surface area is 118 Å². The SMILES string of the molecule is CC(C)OC(=O)C(=O)C1(C(C)C)C=CC=CC1C(=O)O. The normalized spacial score (nSPS) is 25.0. The highest BCUT2D eigenvalue weighted by Gasteiger charge is 2.52. The van der Waals surface area contributed by atoms with E-state index in [0.29, 0.717) is 0 Å². The molecule has 0 saturated heterocycles. The lowest BCUT2D eigenvalue weighted by molar-refractivity contribution is -0.164. The molecule has 1 N–H and O–H groups in total. The summed E-state index contributed by atoms with van der Waals surface area (Å²) in [4.78, 5) is 35.8. The van der Waals surface area contributed by atoms with Gasteiger partial charge < -0.3 is 9.84 Å². The van der Waals surface area contributed by atoms with Crippen LogP contribution in [0.2, 0.25) is 0 Å². The van der Waals surface area contributed by atoms with E-state index in [1.54, 1.807) is 39.8 Å². The molecule has 2 unspecified atom stereocenters. The topological polar surface area (TPSA) is 80.7 Å². The van der Waals surface area contributed by atoms with Gasteiger partial charge in [0.1, 0.15) is 0 Å². The Hall–Kier alpha value is -1.91. The second kappa shape index (κ2) is 6.03. The Kier molecular flexibility index (Phi) is 4.87. The summed E-state index contributed by atoms with van der Waals surface area (Å²) in [5, 5.41) is 9.35. The minimum atomic E-state index is -1.40. The number of carboxylic acid groups (broad SMARTS) is 1. The van der Waals surface area contributed by atoms with Crippen LogP contribution in [-0.4, -0.2) is 28.9 Å². The van der Waals surface area contributed by atoms with Crippen molar-refractivity contribution in [3.05, 3.63) is 24.3 Å². The summed E-state index contributed by atoms with van der Waals surface area (Å²) in [6.07, 6.45) is 5.67. The third-order valence-corrected chi connectivity index (χ3v) is 3.44. The summed E-state index contributed by atoms with van der Waals surface area (Å²) in [5.41, 5.74) is -1.40. The number of carboxylic acids is 1. The van der Waals surface area contributed by atoms with Crippen molar-refractivity contribution in [1.82, 2.24) is 0 Å². The Morgan fingerprint density at radius 1 is 1.15 bits per heavy atom. The van der Waals surface area contributed by atoms with Crippen LogP contribution in [0.5, 0.6) is 0 Å². The predicted molar refractivity (Wildman–Crippen MR) is 72.9 cm³/mol. The van der Waals surface area contributed by atoms with Gasteiger partial charge in [-0.1, -0.05) is 38.2 Å². The van der Waals surface area contributed by atoms with E-state index >= 15 is 0 Å². The summed E-state index contributed by atoms with van der Waals surface area (Å²) in [7, 11) is 0. The molecule has 5 heteroatoms. The molecule has 0 aromatic carbocycles. The zero-order chi connectivity index (χ0) is 15.5. The first-order valence-corrected chi connectivity index (χ1v) is 6.57. The highest BCUT2D eigenvalue weighted by molar-refractivity contribution is 6.37. The van der Waals surface area contributed by atoms with Crippen LogP contribution in [0.25, 0.3) is 0 Å². The summed E-state index contributed by atoms with van der Waals surface area (Å²) in [6.45, 7) is 6.72. The van der Waals surface area contributed by atoms with Gasteiger partial charge in [0.15, 0.2) is 0 Å². The van der Waals surface area contributed by atoms with Crippen LogP contribution in [0.1, 0.15) is 27.7 Å². The molecule has 2 atom stereocenters. The molecule has 0 aromatic heterocycles. The van der Waals surface area contributed by atoms with Crippen LogP contribution in [0.3, 0.4) is 0 Å². The fraction of sp³-hybridized carbons (Fsp3) is 0.533. The number of hydrogen-bond acceptors (Lipinski definition) is 4. The summed E-state index contributed by atoms with van der Waals surface area (Å²) >= 11 is 0. The van der Waals surface area contributed by atoms with E-state index in [-0.39, 0.29) is 5.92 Å². The molecule has 110 valence electrons. The maximum atomic E-state index is 12.5. The number of allylic oxidation sites excluding steroid dienone is 3. The number of ketones is 1. The van der Waals surface area contributed by atoms with Gasteiger partial charge in [-0.2, -0.15) is 0 Å². The van der Waals surface area contributed by atoms with E-state index < -0.39 is 35.2 Å². The average Bonchev–Trinajstić information content (AvgIpc) is 2.36. The number of carbonyl (C=O) groups is 3. The molecule has 1 aliphatic carbocycles. The average molecular weight is 280 g/mol. The third-order valence-electron chi connectivity index (χ3n) is 3.44. The molecule has 0 spiro atoms. The van der Waals surface area contributed by atoms with Gasteiger partial charge in [0.05, 0.1) is 17.4 Å². The monoisotopic (exact) mass is 280 g/mol. The quantitative estimate of drug-likeness (QED) is 0.615. The largest absolute Gasteiger partial charge is 0.481 e. The van der Waals surface area contributed by atoms with Gasteiger partial charge in [-0.15, -0.1) is 0 Å². The number of carbonyl (C=O) groups excluding carboxylic acids is 2. The minimum absolute atomic E-state index is 0.350. The summed E-state index contributed by atoms with van der Waals surface area (Å²) in [6, 6.07) is 0. The number of hydrogen-bond donors (Lipinski definition) is 1. The number of ether oxygens (including phenoxy) is 1. The predicted octanol–water partition coefficient (Wildman–Crippen LogP) is 1.98. The van der Waals surface area contributed by atoms with Crippen LogP contribution >= 0.6 is 0 Å². The van der Waals surface area contributed by atoms with Crippen molar-refractivity contribution in [3.63, 3.8) is 0 Å². The van der Waals surface area contributed by atoms with Crippen molar-refractivity contribution >= 4 is 17.7 Å². The number of aliphatic carboxylic acids is 1. The van der Waals surface area contributed by atoms with E-state index in [2.05, 4.69) is 0 Å². The van der Waals surface area contributed by atoms with Crippen LogP contribution < -0.4 is 0 Å². The Morgan fingerprint density at radius 2 is 1.75 bits per heavy atom. The fourth-order valence-electron chi connectivity index (χ4n) is 2.41. The molecular weight excluding hydrogens is 260 g/mol. The van der Waals surface area contributed by atoms with E-state index in [1.165, 1.54) is 12.2 Å². The molecule has 1 aliphatic rings. The first kappa shape index (κ1) is 16.1. The summed E-state index contributed by atoms with van der Waals surface area (Å²) in [5.74, 6) is -4.35. The Balaban J connectivity index is 3.24. The molecule has 0 saturated carbocycles. The van der Waals surface area contributed by atoms with Crippen molar-refractivity contribution < 1.29 is 24.2 Å². The lowest BCUT2D eigenvalue weighted by atomic mass is 9.63. The van der Waals surface area contributed by atoms with Gasteiger partial charge in [-0.3, -0.25) is 9.59 Å². The minimum Gasteiger partial charge on any atom is -0.481 e. The molecule has 0 radical (unpaired) electrons. The van der Waals surface area contributed by atoms with E-state index in [9.17, 15) is 19.5 Å². The maximum absolute atomic E-state index is 12.5. The molecular formula is C15H20O5. The molecule has 0 bridgehead atoms. The van der Waals surface area contributed by atoms with E-state index in [1.807, 2.05) is 0 Å². The molecule has 0 fully saturated rings. The zero-order valence-electron chi connectivity index (χ0n) is 12.1. The van der Waals surface area contributed by atoms with Crippen molar-refractivity contribution in [2.75, 3.05) is 0 Å². The van der Waals surface area contributed by atoms with Crippen molar-refractivity contribution in [2.24, 2.45) is 17.3 Å². The van der Waals surface area contributed by atoms with Crippen LogP contribution in [-0.2, 0) is 19.1 Å². The molecule has 0 aliphatic heterocycles. The summed E-state index contributed by atoms with van der Waals surface area (Å²) < 4.78 is 4.93. The van der Waals surface area contributed by atoms with Gasteiger partial charge in [0.25, 0.3) is 5.78 Å². The second-order valence-corrected chi connectivity index (χ2v) is 5.43. The van der Waals surface area contributed by atoms with Crippen molar-refractivity contribution in [2.45, 2.75) is 33.8 Å². The first-order chi connectivity index (χ1) is 9.23. The van der Waals surface area contributed by atoms with E-state index in [0.717, 1.165) is 0 Å². The van der Waals surface area contributed by atoms with Crippen LogP contribution in [0.4, 0.5) is 0 Å². The lowest BCUT2D eigenvalue weighted by Crippen LogP contribution is -2.49. The number of esters is 1. The van der Waals surface area contributed by atoms with Crippen molar-refractivity contribution in [1.29, 1.82) is 0 Å². The number of rotatable bonds is 5. The standard InChI is InChI=1S/C15H20O5/c1-9(2)15(12(16)14(19)20-10(3)4)8-6-5-7-11(15)13(17)18/h5-11H,1-4H3,(H,17,18). The first-order valence-electron chi connectivity index (χ1n) is 6.57. The van der Waals surface area contributed by atoms with Gasteiger partial charge in [-0.05, 0) is 19.8 Å². The van der Waals surface area contributed by atoms with E-state index in [4.69, 9.17) is 4.74 Å². The molecule has 5 nitrogen and oxygen atoms in total. The van der Waals surface area contributed by atoms with Crippen molar-refractivity contribution in [3.8, 4) is 0 Å². The maximum Gasteiger partial charge on any atom is 0.375 e. The number of Topliss-reactive ketones (excluding diaryl/α,β-unsaturated/α-hetero) is 1. The highest BCUT2D eigenvalue weighted by Crippen LogP contribution is 2.42. The highest BCUT2D eigenvalue weighted by atomic mass is 16.5. The van der Waals surface area contributed by atoms with Gasteiger partial charge in [-0.25, -0.2) is 4.79 Å². The smallest absolute Gasteiger partial charge is 0.375 e. The van der Waals surface area contributed by atoms with Crippen LogP contribution in [0.15, 0.2) is 24.3 Å². The third kappa shape index (κ3) is 2.81. The van der Waals surface area contributed by atoms with Gasteiger partial charge in [0, 0.05) is 0 Å². The Morgan fingerprint density at radius 3 is 2.20 bits per heavy atom. The van der Waals surface area contributed by atoms with Crippen LogP contribution in [0, 0.1) is 17.3 Å². The second-order valence-electron chi connectivity index (χ2n) is 5.43. The molecule has 1 rings (SSSR count). The molecule has 0 amide bonds. The molecule has 0 aromatic rings. The lowest BCUT2D eigenvalue weighted by Gasteiger charge is -2.37.